The highest BCUT2D eigenvalue weighted by Crippen LogP contribution is 2.13. The molecule has 0 aromatic carbocycles. The van der Waals surface area contributed by atoms with Gasteiger partial charge in [-0.3, -0.25) is 0 Å². The van der Waals surface area contributed by atoms with Crippen molar-refractivity contribution in [2.45, 2.75) is 26.7 Å². The van der Waals surface area contributed by atoms with Gasteiger partial charge >= 0.3 is 6.03 Å². The molecule has 1 aromatic heterocycles. The van der Waals surface area contributed by atoms with Gasteiger partial charge in [0.2, 0.25) is 0 Å². The van der Waals surface area contributed by atoms with Crippen LogP contribution in [0, 0.1) is 0 Å². The largest absolute Gasteiger partial charge is 0.353 e. The maximum atomic E-state index is 12.5. The second-order valence-electron chi connectivity index (χ2n) is 5.43. The molecule has 0 aliphatic carbocycles. The van der Waals surface area contributed by atoms with Crippen LogP contribution in [0.2, 0.25) is 0 Å². The lowest BCUT2D eigenvalue weighted by atomic mass is 10.3. The van der Waals surface area contributed by atoms with Crippen LogP contribution >= 0.6 is 0 Å². The van der Waals surface area contributed by atoms with Crippen molar-refractivity contribution in [1.29, 1.82) is 0 Å². The van der Waals surface area contributed by atoms with Gasteiger partial charge in [-0.25, -0.2) is 9.78 Å². The number of anilines is 1. The molecule has 0 spiro atoms. The van der Waals surface area contributed by atoms with Gasteiger partial charge in [0.25, 0.3) is 0 Å². The number of amides is 2. The zero-order valence-corrected chi connectivity index (χ0v) is 13.2. The summed E-state index contributed by atoms with van der Waals surface area (Å²) in [7, 11) is 0. The minimum atomic E-state index is 0.194. The summed E-state index contributed by atoms with van der Waals surface area (Å²) in [6.07, 6.45) is 3.84. The molecule has 0 bridgehead atoms. The van der Waals surface area contributed by atoms with Crippen LogP contribution in [-0.4, -0.2) is 60.1 Å². The van der Waals surface area contributed by atoms with Gasteiger partial charge in [-0.15, -0.1) is 0 Å². The number of hydrogen-bond donors (Lipinski definition) is 0. The van der Waals surface area contributed by atoms with E-state index < -0.39 is 0 Å². The summed E-state index contributed by atoms with van der Waals surface area (Å²) < 4.78 is 0. The van der Waals surface area contributed by atoms with E-state index in [0.717, 1.165) is 57.9 Å². The molecule has 1 aromatic rings. The standard InChI is InChI=1S/C16H26N4O/c1-3-9-19(10-4-2)16(21)20-13-11-18(12-14-20)15-7-5-6-8-17-15/h5-8H,3-4,9-14H2,1-2H3. The van der Waals surface area contributed by atoms with E-state index >= 15 is 0 Å². The topological polar surface area (TPSA) is 39.7 Å². The number of piperazine rings is 1. The first-order valence-corrected chi connectivity index (χ1v) is 7.96. The predicted molar refractivity (Wildman–Crippen MR) is 85.6 cm³/mol. The van der Waals surface area contributed by atoms with Crippen LogP contribution in [0.15, 0.2) is 24.4 Å². The van der Waals surface area contributed by atoms with Crippen molar-refractivity contribution in [1.82, 2.24) is 14.8 Å². The van der Waals surface area contributed by atoms with Gasteiger partial charge in [0.15, 0.2) is 0 Å². The van der Waals surface area contributed by atoms with E-state index in [-0.39, 0.29) is 6.03 Å². The molecule has 2 heterocycles. The van der Waals surface area contributed by atoms with Crippen molar-refractivity contribution in [3.8, 4) is 0 Å². The van der Waals surface area contributed by atoms with Crippen LogP contribution in [0.3, 0.4) is 0 Å². The van der Waals surface area contributed by atoms with Crippen molar-refractivity contribution in [3.63, 3.8) is 0 Å². The molecule has 2 rings (SSSR count). The molecule has 0 unspecified atom stereocenters. The SMILES string of the molecule is CCCN(CCC)C(=O)N1CCN(c2ccccn2)CC1. The molecule has 5 nitrogen and oxygen atoms in total. The molecular formula is C16H26N4O. The Hall–Kier alpha value is -1.78. The highest BCUT2D eigenvalue weighted by atomic mass is 16.2. The summed E-state index contributed by atoms with van der Waals surface area (Å²) in [5, 5.41) is 0. The zero-order valence-electron chi connectivity index (χ0n) is 13.2. The summed E-state index contributed by atoms with van der Waals surface area (Å²) in [6.45, 7) is 9.21. The van der Waals surface area contributed by atoms with E-state index in [1.165, 1.54) is 0 Å². The number of carbonyl (C=O) groups excluding carboxylic acids is 1. The molecule has 0 saturated carbocycles. The van der Waals surface area contributed by atoms with Crippen molar-refractivity contribution < 1.29 is 4.79 Å². The first-order valence-electron chi connectivity index (χ1n) is 7.96. The van der Waals surface area contributed by atoms with Crippen molar-refractivity contribution in [2.24, 2.45) is 0 Å². The summed E-state index contributed by atoms with van der Waals surface area (Å²) in [5.74, 6) is 1.00. The summed E-state index contributed by atoms with van der Waals surface area (Å²) in [4.78, 5) is 23.1. The number of carbonyl (C=O) groups is 1. The molecule has 0 radical (unpaired) electrons. The van der Waals surface area contributed by atoms with Crippen molar-refractivity contribution in [2.75, 3.05) is 44.2 Å². The average molecular weight is 290 g/mol. The average Bonchev–Trinajstić information content (AvgIpc) is 2.55. The number of pyridine rings is 1. The van der Waals surface area contributed by atoms with E-state index in [1.807, 2.05) is 34.2 Å². The Labute approximate surface area is 127 Å². The highest BCUT2D eigenvalue weighted by Gasteiger charge is 2.24. The maximum absolute atomic E-state index is 12.5. The quantitative estimate of drug-likeness (QED) is 0.836. The van der Waals surface area contributed by atoms with Gasteiger partial charge in [0.1, 0.15) is 5.82 Å². The van der Waals surface area contributed by atoms with E-state index in [2.05, 4.69) is 23.7 Å². The minimum absolute atomic E-state index is 0.194. The van der Waals surface area contributed by atoms with Gasteiger partial charge in [-0.2, -0.15) is 0 Å². The van der Waals surface area contributed by atoms with Crippen LogP contribution < -0.4 is 4.90 Å². The normalized spacial score (nSPS) is 15.1. The lowest BCUT2D eigenvalue weighted by Gasteiger charge is -2.38. The third-order valence-corrected chi connectivity index (χ3v) is 3.78. The molecule has 116 valence electrons. The molecular weight excluding hydrogens is 264 g/mol. The molecule has 1 aliphatic heterocycles. The van der Waals surface area contributed by atoms with E-state index in [0.29, 0.717) is 0 Å². The Kier molecular flexibility index (Phi) is 5.84. The number of rotatable bonds is 5. The van der Waals surface area contributed by atoms with Crippen LogP contribution in [-0.2, 0) is 0 Å². The Bertz CT molecular complexity index is 423. The van der Waals surface area contributed by atoms with Crippen LogP contribution in [0.1, 0.15) is 26.7 Å². The molecule has 5 heteroatoms. The maximum Gasteiger partial charge on any atom is 0.320 e. The van der Waals surface area contributed by atoms with Crippen LogP contribution in [0.25, 0.3) is 0 Å². The van der Waals surface area contributed by atoms with Gasteiger partial charge in [0.05, 0.1) is 0 Å². The summed E-state index contributed by atoms with van der Waals surface area (Å²) in [5.41, 5.74) is 0. The lowest BCUT2D eigenvalue weighted by Crippen LogP contribution is -2.53. The van der Waals surface area contributed by atoms with Crippen molar-refractivity contribution in [3.05, 3.63) is 24.4 Å². The number of nitrogens with zero attached hydrogens (tertiary/aromatic N) is 4. The Morgan fingerprint density at radius 3 is 2.33 bits per heavy atom. The first kappa shape index (κ1) is 15.6. The number of urea groups is 1. The fourth-order valence-electron chi connectivity index (χ4n) is 2.71. The number of aromatic nitrogens is 1. The van der Waals surface area contributed by atoms with Gasteiger partial charge in [0, 0.05) is 45.5 Å². The second kappa shape index (κ2) is 7.86. The molecule has 0 atom stereocenters. The minimum Gasteiger partial charge on any atom is -0.353 e. The fraction of sp³-hybridized carbons (Fsp3) is 0.625. The summed E-state index contributed by atoms with van der Waals surface area (Å²) >= 11 is 0. The molecule has 0 N–H and O–H groups in total. The number of hydrogen-bond acceptors (Lipinski definition) is 3. The zero-order chi connectivity index (χ0) is 15.1. The lowest BCUT2D eigenvalue weighted by molar-refractivity contribution is 0.149. The summed E-state index contributed by atoms with van der Waals surface area (Å²) in [6, 6.07) is 6.15. The Morgan fingerprint density at radius 2 is 1.81 bits per heavy atom. The van der Waals surface area contributed by atoms with E-state index in [9.17, 15) is 4.79 Å². The smallest absolute Gasteiger partial charge is 0.320 e. The van der Waals surface area contributed by atoms with E-state index in [4.69, 9.17) is 0 Å². The van der Waals surface area contributed by atoms with E-state index in [1.54, 1.807) is 0 Å². The third-order valence-electron chi connectivity index (χ3n) is 3.78. The van der Waals surface area contributed by atoms with Crippen LogP contribution in [0.4, 0.5) is 10.6 Å². The third kappa shape index (κ3) is 4.09. The van der Waals surface area contributed by atoms with Gasteiger partial charge < -0.3 is 14.7 Å². The molecule has 2 amide bonds. The molecule has 1 fully saturated rings. The molecule has 21 heavy (non-hydrogen) atoms. The predicted octanol–water partition coefficient (Wildman–Crippen LogP) is 2.45. The van der Waals surface area contributed by atoms with Gasteiger partial charge in [-0.1, -0.05) is 19.9 Å². The van der Waals surface area contributed by atoms with Crippen molar-refractivity contribution >= 4 is 11.8 Å². The highest BCUT2D eigenvalue weighted by molar-refractivity contribution is 5.74. The first-order chi connectivity index (χ1) is 10.3. The second-order valence-corrected chi connectivity index (χ2v) is 5.43. The Morgan fingerprint density at radius 1 is 1.14 bits per heavy atom. The van der Waals surface area contributed by atoms with Gasteiger partial charge in [-0.05, 0) is 25.0 Å². The molecule has 1 aliphatic rings. The molecule has 1 saturated heterocycles. The fourth-order valence-corrected chi connectivity index (χ4v) is 2.71. The Balaban J connectivity index is 1.89. The monoisotopic (exact) mass is 290 g/mol. The van der Waals surface area contributed by atoms with Crippen LogP contribution in [0.5, 0.6) is 0 Å².